The second kappa shape index (κ2) is 8.54. The number of carbonyl (C=O) groups is 1. The number of ether oxygens (including phenoxy) is 1. The molecular weight excluding hydrogens is 334 g/mol. The lowest BCUT2D eigenvalue weighted by Crippen LogP contribution is -2.39. The van der Waals surface area contributed by atoms with Crippen molar-refractivity contribution >= 4 is 5.91 Å². The van der Waals surface area contributed by atoms with Crippen LogP contribution in [0.4, 0.5) is 0 Å². The molecule has 27 heavy (non-hydrogen) atoms. The number of hydrogen-bond donors (Lipinski definition) is 1. The lowest BCUT2D eigenvalue weighted by atomic mass is 9.97. The van der Waals surface area contributed by atoms with Gasteiger partial charge < -0.3 is 10.1 Å². The summed E-state index contributed by atoms with van der Waals surface area (Å²) >= 11 is 0. The molecule has 0 bridgehead atoms. The predicted molar refractivity (Wildman–Crippen MR) is 109 cm³/mol. The Kier molecular flexibility index (Phi) is 5.92. The molecule has 0 saturated heterocycles. The summed E-state index contributed by atoms with van der Waals surface area (Å²) in [6, 6.07) is 25.7. The molecule has 0 aromatic heterocycles. The molecule has 3 nitrogen and oxygen atoms in total. The van der Waals surface area contributed by atoms with Crippen molar-refractivity contribution in [2.24, 2.45) is 0 Å². The molecule has 1 amide bonds. The van der Waals surface area contributed by atoms with Crippen LogP contribution in [0.5, 0.6) is 5.75 Å². The summed E-state index contributed by atoms with van der Waals surface area (Å²) in [6.07, 6.45) is -0.593. The van der Waals surface area contributed by atoms with E-state index in [4.69, 9.17) is 4.74 Å². The van der Waals surface area contributed by atoms with Gasteiger partial charge in [0.2, 0.25) is 0 Å². The second-order valence-electron chi connectivity index (χ2n) is 6.84. The average molecular weight is 359 g/mol. The van der Waals surface area contributed by atoms with Crippen LogP contribution in [-0.2, 0) is 4.79 Å². The number of amides is 1. The molecule has 3 aromatic carbocycles. The zero-order chi connectivity index (χ0) is 19.2. The van der Waals surface area contributed by atoms with Gasteiger partial charge in [0.05, 0.1) is 6.04 Å². The minimum absolute atomic E-state index is 0.148. The first-order chi connectivity index (χ1) is 13.0. The third-order valence-corrected chi connectivity index (χ3v) is 4.53. The molecule has 0 radical (unpaired) electrons. The Balaban J connectivity index is 1.77. The average Bonchev–Trinajstić information content (AvgIpc) is 2.69. The molecular formula is C24H25NO2. The van der Waals surface area contributed by atoms with Gasteiger partial charge in [0.15, 0.2) is 6.10 Å². The summed E-state index contributed by atoms with van der Waals surface area (Å²) < 4.78 is 5.81. The van der Waals surface area contributed by atoms with Gasteiger partial charge in [-0.3, -0.25) is 4.79 Å². The zero-order valence-electron chi connectivity index (χ0n) is 16.0. The molecule has 0 fully saturated rings. The highest BCUT2D eigenvalue weighted by atomic mass is 16.5. The molecule has 0 unspecified atom stereocenters. The van der Waals surface area contributed by atoms with Crippen LogP contribution in [0.1, 0.15) is 35.2 Å². The summed E-state index contributed by atoms with van der Waals surface area (Å²) in [6.45, 7) is 5.84. The van der Waals surface area contributed by atoms with Crippen LogP contribution in [0.2, 0.25) is 0 Å². The van der Waals surface area contributed by atoms with Crippen LogP contribution in [0.3, 0.4) is 0 Å². The molecule has 2 atom stereocenters. The SMILES string of the molecule is Cc1ccc(O[C@H](C)C(=O)N[C@@H](c2ccccc2)c2ccc(C)cc2)cc1. The van der Waals surface area contributed by atoms with E-state index in [0.29, 0.717) is 5.75 Å². The van der Waals surface area contributed by atoms with Crippen molar-refractivity contribution in [3.63, 3.8) is 0 Å². The monoisotopic (exact) mass is 359 g/mol. The van der Waals surface area contributed by atoms with Crippen molar-refractivity contribution in [3.8, 4) is 5.75 Å². The largest absolute Gasteiger partial charge is 0.481 e. The Hall–Kier alpha value is -3.07. The van der Waals surface area contributed by atoms with Crippen molar-refractivity contribution < 1.29 is 9.53 Å². The minimum Gasteiger partial charge on any atom is -0.481 e. The first-order valence-electron chi connectivity index (χ1n) is 9.18. The molecule has 3 heteroatoms. The van der Waals surface area contributed by atoms with Gasteiger partial charge in [-0.1, -0.05) is 77.9 Å². The molecule has 0 aliphatic heterocycles. The molecule has 0 heterocycles. The van der Waals surface area contributed by atoms with Crippen LogP contribution >= 0.6 is 0 Å². The normalized spacial score (nSPS) is 12.9. The maximum atomic E-state index is 12.8. The molecule has 3 aromatic rings. The van der Waals surface area contributed by atoms with E-state index >= 15 is 0 Å². The van der Waals surface area contributed by atoms with Gasteiger partial charge in [-0.2, -0.15) is 0 Å². The lowest BCUT2D eigenvalue weighted by Gasteiger charge is -2.23. The number of aryl methyl sites for hydroxylation is 2. The van der Waals surface area contributed by atoms with Gasteiger partial charge in [-0.25, -0.2) is 0 Å². The van der Waals surface area contributed by atoms with Crippen molar-refractivity contribution in [1.29, 1.82) is 0 Å². The molecule has 0 saturated carbocycles. The van der Waals surface area contributed by atoms with Gasteiger partial charge in [0.1, 0.15) is 5.75 Å². The standard InChI is InChI=1S/C24H25NO2/c1-17-9-13-21(14-10-17)23(20-7-5-4-6-8-20)25-24(26)19(3)27-22-15-11-18(2)12-16-22/h4-16,19,23H,1-3H3,(H,25,26)/t19-,23+/m1/s1. The van der Waals surface area contributed by atoms with Gasteiger partial charge in [-0.05, 0) is 44.0 Å². The highest BCUT2D eigenvalue weighted by Gasteiger charge is 2.21. The summed E-state index contributed by atoms with van der Waals surface area (Å²) in [5, 5.41) is 3.14. The van der Waals surface area contributed by atoms with Crippen molar-refractivity contribution in [2.75, 3.05) is 0 Å². The summed E-state index contributed by atoms with van der Waals surface area (Å²) in [7, 11) is 0. The van der Waals surface area contributed by atoms with Crippen LogP contribution in [0, 0.1) is 13.8 Å². The first kappa shape index (κ1) is 18.7. The summed E-state index contributed by atoms with van der Waals surface area (Å²) in [4.78, 5) is 12.8. The van der Waals surface area contributed by atoms with E-state index < -0.39 is 6.10 Å². The smallest absolute Gasteiger partial charge is 0.261 e. The maximum Gasteiger partial charge on any atom is 0.261 e. The van der Waals surface area contributed by atoms with E-state index in [1.807, 2.05) is 61.5 Å². The molecule has 1 N–H and O–H groups in total. The molecule has 0 aliphatic rings. The Bertz CT molecular complexity index is 871. The number of hydrogen-bond acceptors (Lipinski definition) is 2. The molecule has 3 rings (SSSR count). The Morgan fingerprint density at radius 1 is 0.778 bits per heavy atom. The van der Waals surface area contributed by atoms with E-state index in [0.717, 1.165) is 16.7 Å². The molecule has 0 spiro atoms. The third-order valence-electron chi connectivity index (χ3n) is 4.53. The fourth-order valence-electron chi connectivity index (χ4n) is 2.90. The Labute approximate surface area is 161 Å². The fraction of sp³-hybridized carbons (Fsp3) is 0.208. The van der Waals surface area contributed by atoms with Crippen molar-refractivity contribution in [3.05, 3.63) is 101 Å². The number of carbonyl (C=O) groups excluding carboxylic acids is 1. The van der Waals surface area contributed by atoms with Crippen LogP contribution in [0.25, 0.3) is 0 Å². The maximum absolute atomic E-state index is 12.8. The van der Waals surface area contributed by atoms with Crippen LogP contribution < -0.4 is 10.1 Å². The first-order valence-corrected chi connectivity index (χ1v) is 9.18. The number of rotatable bonds is 6. The topological polar surface area (TPSA) is 38.3 Å². The predicted octanol–water partition coefficient (Wildman–Crippen LogP) is 4.98. The van der Waals surface area contributed by atoms with Crippen LogP contribution in [-0.4, -0.2) is 12.0 Å². The highest BCUT2D eigenvalue weighted by molar-refractivity contribution is 5.81. The van der Waals surface area contributed by atoms with E-state index in [1.54, 1.807) is 6.92 Å². The highest BCUT2D eigenvalue weighted by Crippen LogP contribution is 2.23. The Morgan fingerprint density at radius 3 is 1.89 bits per heavy atom. The molecule has 138 valence electrons. The van der Waals surface area contributed by atoms with E-state index in [1.165, 1.54) is 5.56 Å². The van der Waals surface area contributed by atoms with Gasteiger partial charge in [0.25, 0.3) is 5.91 Å². The Morgan fingerprint density at radius 2 is 1.30 bits per heavy atom. The van der Waals surface area contributed by atoms with Gasteiger partial charge in [0, 0.05) is 0 Å². The van der Waals surface area contributed by atoms with E-state index in [9.17, 15) is 4.79 Å². The van der Waals surface area contributed by atoms with Gasteiger partial charge >= 0.3 is 0 Å². The van der Waals surface area contributed by atoms with Crippen molar-refractivity contribution in [1.82, 2.24) is 5.32 Å². The van der Waals surface area contributed by atoms with E-state index in [-0.39, 0.29) is 11.9 Å². The zero-order valence-corrected chi connectivity index (χ0v) is 16.0. The fourth-order valence-corrected chi connectivity index (χ4v) is 2.90. The minimum atomic E-state index is -0.593. The second-order valence-corrected chi connectivity index (χ2v) is 6.84. The van der Waals surface area contributed by atoms with E-state index in [2.05, 4.69) is 36.5 Å². The quantitative estimate of drug-likeness (QED) is 0.674. The summed E-state index contributed by atoms with van der Waals surface area (Å²) in [5.74, 6) is 0.542. The van der Waals surface area contributed by atoms with Crippen molar-refractivity contribution in [2.45, 2.75) is 32.9 Å². The number of nitrogens with one attached hydrogen (secondary N) is 1. The lowest BCUT2D eigenvalue weighted by molar-refractivity contribution is -0.127. The van der Waals surface area contributed by atoms with Gasteiger partial charge in [-0.15, -0.1) is 0 Å². The summed E-state index contributed by atoms with van der Waals surface area (Å²) in [5.41, 5.74) is 4.43. The number of benzene rings is 3. The third kappa shape index (κ3) is 4.98. The van der Waals surface area contributed by atoms with Crippen LogP contribution in [0.15, 0.2) is 78.9 Å². The molecule has 0 aliphatic carbocycles.